The van der Waals surface area contributed by atoms with Gasteiger partial charge < -0.3 is 5.32 Å². The highest BCUT2D eigenvalue weighted by Crippen LogP contribution is 2.27. The van der Waals surface area contributed by atoms with Crippen molar-refractivity contribution in [2.24, 2.45) is 0 Å². The highest BCUT2D eigenvalue weighted by molar-refractivity contribution is 9.10. The van der Waals surface area contributed by atoms with Crippen molar-refractivity contribution in [3.8, 4) is 0 Å². The Morgan fingerprint density at radius 2 is 2.50 bits per heavy atom. The lowest BCUT2D eigenvalue weighted by Crippen LogP contribution is -1.95. The van der Waals surface area contributed by atoms with Gasteiger partial charge in [-0.25, -0.2) is 0 Å². The first kappa shape index (κ1) is 5.53. The summed E-state index contributed by atoms with van der Waals surface area (Å²) in [6.07, 6.45) is 0. The van der Waals surface area contributed by atoms with Gasteiger partial charge in [0.05, 0.1) is 4.92 Å². The Labute approximate surface area is 82.1 Å². The molecule has 64 valence electrons. The fourth-order valence-electron chi connectivity index (χ4n) is 0.762. The maximum absolute atomic E-state index is 10.6. The summed E-state index contributed by atoms with van der Waals surface area (Å²) in [7, 11) is 0. The molecule has 0 atom stereocenters. The highest BCUT2D eigenvalue weighted by Gasteiger charge is 2.11. The Balaban J connectivity index is 3.12. The number of rotatable bonds is 2. The average Bonchev–Trinajstić information content (AvgIpc) is 2.05. The number of anilines is 1. The zero-order valence-corrected chi connectivity index (χ0v) is 7.46. The Kier molecular flexibility index (Phi) is 1.63. The number of hydrogen-bond acceptors (Lipinski definition) is 3. The van der Waals surface area contributed by atoms with Crippen LogP contribution >= 0.6 is 15.9 Å². The van der Waals surface area contributed by atoms with E-state index in [1.54, 1.807) is 0 Å². The maximum atomic E-state index is 10.6. The van der Waals surface area contributed by atoms with Crippen LogP contribution < -0.4 is 5.32 Å². The van der Waals surface area contributed by atoms with Gasteiger partial charge in [0.2, 0.25) is 0 Å². The molecule has 0 amide bonds. The van der Waals surface area contributed by atoms with Crippen LogP contribution in [0.25, 0.3) is 0 Å². The third-order valence-electron chi connectivity index (χ3n) is 1.29. The standard InChI is InChI=1S/C7H7BrN2O2/c1-9-6-3-2-5(8)4-7(6)10(11)12/h2-4,9H,1H3/i1D3. The van der Waals surface area contributed by atoms with Crippen molar-refractivity contribution in [1.82, 2.24) is 0 Å². The van der Waals surface area contributed by atoms with E-state index < -0.39 is 11.9 Å². The monoisotopic (exact) mass is 233 g/mol. The molecule has 0 unspecified atom stereocenters. The third kappa shape index (κ3) is 1.73. The van der Waals surface area contributed by atoms with Gasteiger partial charge >= 0.3 is 0 Å². The fourth-order valence-corrected chi connectivity index (χ4v) is 1.11. The van der Waals surface area contributed by atoms with E-state index >= 15 is 0 Å². The molecule has 0 bridgehead atoms. The van der Waals surface area contributed by atoms with Gasteiger partial charge in [-0.05, 0) is 12.1 Å². The molecule has 0 saturated carbocycles. The summed E-state index contributed by atoms with van der Waals surface area (Å²) in [5, 5.41) is 12.7. The highest BCUT2D eigenvalue weighted by atomic mass is 79.9. The van der Waals surface area contributed by atoms with Gasteiger partial charge in [0.25, 0.3) is 5.69 Å². The first-order valence-corrected chi connectivity index (χ1v) is 3.81. The number of hydrogen-bond donors (Lipinski definition) is 1. The number of benzene rings is 1. The molecule has 0 saturated heterocycles. The number of halogens is 1. The topological polar surface area (TPSA) is 55.2 Å². The van der Waals surface area contributed by atoms with Crippen LogP contribution in [0.15, 0.2) is 22.7 Å². The average molecular weight is 234 g/mol. The number of nitro benzene ring substituents is 1. The van der Waals surface area contributed by atoms with E-state index in [1.807, 2.05) is 0 Å². The molecule has 1 N–H and O–H groups in total. The van der Waals surface area contributed by atoms with Crippen LogP contribution in [0.5, 0.6) is 0 Å². The number of nitrogens with zero attached hydrogens (tertiary/aromatic N) is 1. The SMILES string of the molecule is [2H]C([2H])([2H])Nc1ccc(Br)cc1[N+](=O)[O-]. The van der Waals surface area contributed by atoms with E-state index in [1.165, 1.54) is 18.2 Å². The van der Waals surface area contributed by atoms with Gasteiger partial charge in [-0.3, -0.25) is 10.1 Å². The second-order valence-corrected chi connectivity index (χ2v) is 2.96. The summed E-state index contributed by atoms with van der Waals surface area (Å²) in [6.45, 7) is -2.45. The van der Waals surface area contributed by atoms with Gasteiger partial charge in [-0.1, -0.05) is 15.9 Å². The Hall–Kier alpha value is -1.10. The number of nitrogens with one attached hydrogen (secondary N) is 1. The molecular weight excluding hydrogens is 224 g/mol. The Morgan fingerprint density at radius 1 is 1.75 bits per heavy atom. The largest absolute Gasteiger partial charge is 0.383 e. The van der Waals surface area contributed by atoms with Crippen molar-refractivity contribution in [2.75, 3.05) is 12.3 Å². The van der Waals surface area contributed by atoms with Gasteiger partial charge in [-0.15, -0.1) is 0 Å². The summed E-state index contributed by atoms with van der Waals surface area (Å²) in [4.78, 5) is 9.98. The normalized spacial score (nSPS) is 14.2. The molecule has 1 aromatic rings. The molecule has 0 heterocycles. The van der Waals surface area contributed by atoms with Gasteiger partial charge in [0.15, 0.2) is 0 Å². The first-order chi connectivity index (χ1) is 6.79. The minimum Gasteiger partial charge on any atom is -0.383 e. The summed E-state index contributed by atoms with van der Waals surface area (Å²) in [6, 6.07) is 4.11. The lowest BCUT2D eigenvalue weighted by molar-refractivity contribution is -0.384. The molecular formula is C7H7BrN2O2. The first-order valence-electron chi connectivity index (χ1n) is 4.52. The lowest BCUT2D eigenvalue weighted by Gasteiger charge is -2.00. The van der Waals surface area contributed by atoms with E-state index in [9.17, 15) is 10.1 Å². The molecule has 0 fully saturated rings. The molecule has 4 nitrogen and oxygen atoms in total. The zero-order chi connectivity index (χ0) is 11.6. The molecule has 0 spiro atoms. The second kappa shape index (κ2) is 3.53. The van der Waals surface area contributed by atoms with Crippen LogP contribution in [-0.4, -0.2) is 11.9 Å². The van der Waals surface area contributed by atoms with Gasteiger partial charge in [0.1, 0.15) is 5.69 Å². The smallest absolute Gasteiger partial charge is 0.293 e. The molecule has 5 heteroatoms. The number of nitro groups is 1. The summed E-state index contributed by atoms with van der Waals surface area (Å²) < 4.78 is 21.4. The Morgan fingerprint density at radius 3 is 3.08 bits per heavy atom. The molecule has 0 radical (unpaired) electrons. The van der Waals surface area contributed by atoms with Crippen molar-refractivity contribution in [3.05, 3.63) is 32.8 Å². The minimum absolute atomic E-state index is 0.0248. The minimum atomic E-state index is -2.45. The van der Waals surface area contributed by atoms with Crippen LogP contribution in [-0.2, 0) is 0 Å². The van der Waals surface area contributed by atoms with E-state index in [4.69, 9.17) is 4.11 Å². The predicted octanol–water partition coefficient (Wildman–Crippen LogP) is 2.40. The van der Waals surface area contributed by atoms with Gasteiger partial charge in [0, 0.05) is 21.6 Å². The second-order valence-electron chi connectivity index (χ2n) is 2.04. The van der Waals surface area contributed by atoms with Crippen molar-refractivity contribution in [3.63, 3.8) is 0 Å². The lowest BCUT2D eigenvalue weighted by atomic mass is 10.3. The van der Waals surface area contributed by atoms with Crippen LogP contribution in [0, 0.1) is 10.1 Å². The Bertz CT molecular complexity index is 394. The maximum Gasteiger partial charge on any atom is 0.293 e. The summed E-state index contributed by atoms with van der Waals surface area (Å²) >= 11 is 3.07. The van der Waals surface area contributed by atoms with Crippen molar-refractivity contribution in [2.45, 2.75) is 0 Å². The zero-order valence-electron chi connectivity index (χ0n) is 8.87. The molecule has 0 aliphatic rings. The fraction of sp³-hybridized carbons (Fsp3) is 0.143. The summed E-state index contributed by atoms with van der Waals surface area (Å²) in [5.74, 6) is 0. The van der Waals surface area contributed by atoms with Crippen LogP contribution in [0.2, 0.25) is 0 Å². The molecule has 1 rings (SSSR count). The molecule has 0 aromatic heterocycles. The molecule has 0 aliphatic heterocycles. The van der Waals surface area contributed by atoms with Gasteiger partial charge in [-0.2, -0.15) is 0 Å². The van der Waals surface area contributed by atoms with Crippen LogP contribution in [0.1, 0.15) is 4.11 Å². The third-order valence-corrected chi connectivity index (χ3v) is 1.78. The van der Waals surface area contributed by atoms with Crippen LogP contribution in [0.3, 0.4) is 0 Å². The summed E-state index contributed by atoms with van der Waals surface area (Å²) in [5.41, 5.74) is -0.302. The molecule has 12 heavy (non-hydrogen) atoms. The van der Waals surface area contributed by atoms with E-state index in [2.05, 4.69) is 21.2 Å². The van der Waals surface area contributed by atoms with Crippen molar-refractivity contribution >= 4 is 27.3 Å². The molecule has 0 aliphatic carbocycles. The predicted molar refractivity (Wildman–Crippen MR) is 50.3 cm³/mol. The molecule has 1 aromatic carbocycles. The van der Waals surface area contributed by atoms with E-state index in [0.717, 1.165) is 0 Å². The van der Waals surface area contributed by atoms with E-state index in [0.29, 0.717) is 4.47 Å². The van der Waals surface area contributed by atoms with Crippen molar-refractivity contribution in [1.29, 1.82) is 0 Å². The van der Waals surface area contributed by atoms with E-state index in [-0.39, 0.29) is 11.4 Å². The van der Waals surface area contributed by atoms with Crippen molar-refractivity contribution < 1.29 is 9.04 Å². The van der Waals surface area contributed by atoms with Crippen LogP contribution in [0.4, 0.5) is 11.4 Å². The quantitative estimate of drug-likeness (QED) is 0.631.